The zero-order valence-corrected chi connectivity index (χ0v) is 9.74. The molecule has 1 aromatic carbocycles. The van der Waals surface area contributed by atoms with E-state index in [-0.39, 0.29) is 11.4 Å². The second kappa shape index (κ2) is 3.74. The summed E-state index contributed by atoms with van der Waals surface area (Å²) in [6, 6.07) is 6.55. The maximum atomic E-state index is 13.1. The normalized spacial score (nSPS) is 11.8. The third-order valence-electron chi connectivity index (χ3n) is 2.43. The Labute approximate surface area is 94.7 Å². The summed E-state index contributed by atoms with van der Waals surface area (Å²) in [5, 5.41) is 4.29. The molecular weight excluding hydrogens is 203 g/mol. The van der Waals surface area contributed by atoms with E-state index in [2.05, 4.69) is 25.9 Å². The third kappa shape index (κ3) is 2.13. The Balaban J connectivity index is 2.39. The number of rotatable bonds is 1. The summed E-state index contributed by atoms with van der Waals surface area (Å²) in [4.78, 5) is 0. The molecule has 0 aliphatic rings. The minimum Gasteiger partial charge on any atom is -0.267 e. The Hall–Kier alpha value is -1.64. The van der Waals surface area contributed by atoms with Crippen LogP contribution >= 0.6 is 0 Å². The first kappa shape index (κ1) is 10.9. The SMILES string of the molecule is CC(C)(C)n1cc(-c2cccc(F)c2)cn1. The van der Waals surface area contributed by atoms with Crippen molar-refractivity contribution in [2.75, 3.05) is 0 Å². The highest BCUT2D eigenvalue weighted by Crippen LogP contribution is 2.22. The smallest absolute Gasteiger partial charge is 0.123 e. The molecule has 0 aliphatic heterocycles. The summed E-state index contributed by atoms with van der Waals surface area (Å²) in [7, 11) is 0. The third-order valence-corrected chi connectivity index (χ3v) is 2.43. The van der Waals surface area contributed by atoms with Crippen LogP contribution in [0.1, 0.15) is 20.8 Å². The predicted octanol–water partition coefficient (Wildman–Crippen LogP) is 3.44. The summed E-state index contributed by atoms with van der Waals surface area (Å²) >= 11 is 0. The topological polar surface area (TPSA) is 17.8 Å². The number of aromatic nitrogens is 2. The van der Waals surface area contributed by atoms with Gasteiger partial charge in [0.15, 0.2) is 0 Å². The van der Waals surface area contributed by atoms with Gasteiger partial charge in [0, 0.05) is 11.8 Å². The van der Waals surface area contributed by atoms with Crippen LogP contribution in [-0.4, -0.2) is 9.78 Å². The first-order valence-corrected chi connectivity index (χ1v) is 5.28. The van der Waals surface area contributed by atoms with Crippen LogP contribution in [0.25, 0.3) is 11.1 Å². The van der Waals surface area contributed by atoms with E-state index >= 15 is 0 Å². The molecule has 0 atom stereocenters. The van der Waals surface area contributed by atoms with Gasteiger partial charge in [-0.15, -0.1) is 0 Å². The van der Waals surface area contributed by atoms with Crippen LogP contribution < -0.4 is 0 Å². The molecule has 1 aromatic heterocycles. The van der Waals surface area contributed by atoms with Crippen LogP contribution in [0.3, 0.4) is 0 Å². The molecule has 16 heavy (non-hydrogen) atoms. The van der Waals surface area contributed by atoms with Crippen LogP contribution in [0.4, 0.5) is 4.39 Å². The largest absolute Gasteiger partial charge is 0.267 e. The molecule has 0 spiro atoms. The lowest BCUT2D eigenvalue weighted by Crippen LogP contribution is -2.21. The zero-order valence-electron chi connectivity index (χ0n) is 9.74. The van der Waals surface area contributed by atoms with Gasteiger partial charge in [-0.3, -0.25) is 4.68 Å². The molecule has 3 heteroatoms. The summed E-state index contributed by atoms with van der Waals surface area (Å²) in [6.45, 7) is 6.24. The van der Waals surface area contributed by atoms with Gasteiger partial charge in [-0.2, -0.15) is 5.10 Å². The lowest BCUT2D eigenvalue weighted by atomic mass is 10.1. The minimum atomic E-state index is -0.221. The Morgan fingerprint density at radius 2 is 1.94 bits per heavy atom. The molecule has 0 saturated heterocycles. The molecule has 0 N–H and O–H groups in total. The van der Waals surface area contributed by atoms with Crippen LogP contribution in [0.2, 0.25) is 0 Å². The van der Waals surface area contributed by atoms with E-state index in [1.54, 1.807) is 12.3 Å². The molecule has 2 aromatic rings. The number of hydrogen-bond donors (Lipinski definition) is 0. The molecule has 0 radical (unpaired) electrons. The summed E-state index contributed by atoms with van der Waals surface area (Å²) in [5.41, 5.74) is 1.75. The molecule has 0 unspecified atom stereocenters. The fourth-order valence-corrected chi connectivity index (χ4v) is 1.51. The van der Waals surface area contributed by atoms with Crippen molar-refractivity contribution in [1.29, 1.82) is 0 Å². The monoisotopic (exact) mass is 218 g/mol. The van der Waals surface area contributed by atoms with Crippen molar-refractivity contribution in [3.8, 4) is 11.1 Å². The molecule has 1 heterocycles. The highest BCUT2D eigenvalue weighted by Gasteiger charge is 2.14. The predicted molar refractivity (Wildman–Crippen MR) is 62.6 cm³/mol. The van der Waals surface area contributed by atoms with Crippen molar-refractivity contribution in [1.82, 2.24) is 9.78 Å². The quantitative estimate of drug-likeness (QED) is 0.717. The van der Waals surface area contributed by atoms with E-state index < -0.39 is 0 Å². The van der Waals surface area contributed by atoms with E-state index in [0.717, 1.165) is 11.1 Å². The van der Waals surface area contributed by atoms with Gasteiger partial charge in [0.2, 0.25) is 0 Å². The number of hydrogen-bond acceptors (Lipinski definition) is 1. The van der Waals surface area contributed by atoms with Crippen molar-refractivity contribution in [3.05, 3.63) is 42.5 Å². The van der Waals surface area contributed by atoms with Crippen molar-refractivity contribution in [3.63, 3.8) is 0 Å². The number of nitrogens with zero attached hydrogens (tertiary/aromatic N) is 2. The van der Waals surface area contributed by atoms with Crippen molar-refractivity contribution >= 4 is 0 Å². The summed E-state index contributed by atoms with van der Waals surface area (Å²) in [5.74, 6) is -0.221. The molecule has 0 aliphatic carbocycles. The Bertz CT molecular complexity index is 495. The first-order valence-electron chi connectivity index (χ1n) is 5.28. The second-order valence-electron chi connectivity index (χ2n) is 4.85. The first-order chi connectivity index (χ1) is 7.47. The van der Waals surface area contributed by atoms with Crippen LogP contribution in [0, 0.1) is 5.82 Å². The zero-order chi connectivity index (χ0) is 11.8. The van der Waals surface area contributed by atoms with Gasteiger partial charge >= 0.3 is 0 Å². The van der Waals surface area contributed by atoms with Gasteiger partial charge in [-0.25, -0.2) is 4.39 Å². The van der Waals surface area contributed by atoms with Gasteiger partial charge in [0.25, 0.3) is 0 Å². The summed E-state index contributed by atoms with van der Waals surface area (Å²) in [6.07, 6.45) is 3.70. The van der Waals surface area contributed by atoms with Gasteiger partial charge in [0.1, 0.15) is 5.82 Å². The average Bonchev–Trinajstić information content (AvgIpc) is 2.65. The average molecular weight is 218 g/mol. The lowest BCUT2D eigenvalue weighted by Gasteiger charge is -2.18. The van der Waals surface area contributed by atoms with Gasteiger partial charge < -0.3 is 0 Å². The Kier molecular flexibility index (Phi) is 2.54. The minimum absolute atomic E-state index is 0.0500. The maximum absolute atomic E-state index is 13.1. The fourth-order valence-electron chi connectivity index (χ4n) is 1.51. The molecular formula is C13H15FN2. The van der Waals surface area contributed by atoms with Gasteiger partial charge in [-0.05, 0) is 38.5 Å². The molecule has 0 amide bonds. The van der Waals surface area contributed by atoms with E-state index in [9.17, 15) is 4.39 Å². The van der Waals surface area contributed by atoms with E-state index in [1.165, 1.54) is 12.1 Å². The van der Waals surface area contributed by atoms with Crippen LogP contribution in [0.15, 0.2) is 36.7 Å². The molecule has 0 fully saturated rings. The van der Waals surface area contributed by atoms with Crippen LogP contribution in [0.5, 0.6) is 0 Å². The highest BCUT2D eigenvalue weighted by molar-refractivity contribution is 5.61. The molecule has 84 valence electrons. The van der Waals surface area contributed by atoms with Crippen LogP contribution in [-0.2, 0) is 5.54 Å². The van der Waals surface area contributed by atoms with E-state index in [4.69, 9.17) is 0 Å². The number of benzene rings is 1. The maximum Gasteiger partial charge on any atom is 0.123 e. The standard InChI is InChI=1S/C13H15FN2/c1-13(2,3)16-9-11(8-15-16)10-5-4-6-12(14)7-10/h4-9H,1-3H3. The lowest BCUT2D eigenvalue weighted by molar-refractivity contribution is 0.355. The molecule has 0 bridgehead atoms. The van der Waals surface area contributed by atoms with E-state index in [0.29, 0.717) is 0 Å². The molecule has 2 nitrogen and oxygen atoms in total. The second-order valence-corrected chi connectivity index (χ2v) is 4.85. The van der Waals surface area contributed by atoms with Crippen molar-refractivity contribution < 1.29 is 4.39 Å². The van der Waals surface area contributed by atoms with Crippen molar-refractivity contribution in [2.24, 2.45) is 0 Å². The van der Waals surface area contributed by atoms with Crippen molar-refractivity contribution in [2.45, 2.75) is 26.3 Å². The van der Waals surface area contributed by atoms with Gasteiger partial charge in [0.05, 0.1) is 11.7 Å². The number of halogens is 1. The molecule has 2 rings (SSSR count). The fraction of sp³-hybridized carbons (Fsp3) is 0.308. The van der Waals surface area contributed by atoms with E-state index in [1.807, 2.05) is 16.9 Å². The Morgan fingerprint density at radius 3 is 2.50 bits per heavy atom. The van der Waals surface area contributed by atoms with Gasteiger partial charge in [-0.1, -0.05) is 12.1 Å². The summed E-state index contributed by atoms with van der Waals surface area (Å²) < 4.78 is 14.9. The molecule has 0 saturated carbocycles. The Morgan fingerprint density at radius 1 is 1.19 bits per heavy atom. The highest BCUT2D eigenvalue weighted by atomic mass is 19.1.